The van der Waals surface area contributed by atoms with Gasteiger partial charge in [-0.1, -0.05) is 42.0 Å². The monoisotopic (exact) mass is 202 g/mol. The van der Waals surface area contributed by atoms with Crippen molar-refractivity contribution in [3.63, 3.8) is 0 Å². The topological polar surface area (TPSA) is 20.2 Å². The zero-order valence-electron chi connectivity index (χ0n) is 8.37. The van der Waals surface area contributed by atoms with E-state index in [1.165, 1.54) is 6.07 Å². The minimum Gasteiger partial charge on any atom is -0.504 e. The van der Waals surface area contributed by atoms with Crippen LogP contribution in [0.2, 0.25) is 0 Å². The van der Waals surface area contributed by atoms with E-state index in [-0.39, 0.29) is 5.75 Å². The molecule has 2 aromatic rings. The van der Waals surface area contributed by atoms with Crippen LogP contribution in [0.4, 0.5) is 4.39 Å². The lowest BCUT2D eigenvalue weighted by Crippen LogP contribution is -1.83. The number of phenols is 1. The first-order chi connectivity index (χ1) is 7.18. The first-order valence-corrected chi connectivity index (χ1v) is 4.73. The van der Waals surface area contributed by atoms with Crippen LogP contribution in [-0.4, -0.2) is 5.11 Å². The Kier molecular flexibility index (Phi) is 2.42. The highest BCUT2D eigenvalue weighted by molar-refractivity contribution is 5.70. The summed E-state index contributed by atoms with van der Waals surface area (Å²) in [6.45, 7) is 1.96. The molecule has 1 N–H and O–H groups in total. The molecular formula is C13H11FO. The lowest BCUT2D eigenvalue weighted by molar-refractivity contribution is 0.434. The molecule has 2 heteroatoms. The van der Waals surface area contributed by atoms with Crippen LogP contribution in [0.1, 0.15) is 5.56 Å². The average molecular weight is 202 g/mol. The molecule has 0 amide bonds. The molecule has 0 saturated heterocycles. The maximum Gasteiger partial charge on any atom is 0.165 e. The van der Waals surface area contributed by atoms with Gasteiger partial charge in [0.15, 0.2) is 11.6 Å². The number of rotatable bonds is 1. The largest absolute Gasteiger partial charge is 0.504 e. The number of benzene rings is 2. The number of hydrogen-bond acceptors (Lipinski definition) is 1. The van der Waals surface area contributed by atoms with Gasteiger partial charge in [-0.05, 0) is 18.6 Å². The molecule has 0 fully saturated rings. The predicted octanol–water partition coefficient (Wildman–Crippen LogP) is 3.51. The molecule has 0 radical (unpaired) electrons. The van der Waals surface area contributed by atoms with Crippen molar-refractivity contribution in [2.45, 2.75) is 6.92 Å². The van der Waals surface area contributed by atoms with Crippen LogP contribution in [0.5, 0.6) is 5.75 Å². The molecule has 15 heavy (non-hydrogen) atoms. The molecule has 2 aromatic carbocycles. The number of aromatic hydroxyl groups is 1. The summed E-state index contributed by atoms with van der Waals surface area (Å²) in [6, 6.07) is 12.1. The minimum absolute atomic E-state index is 0.289. The van der Waals surface area contributed by atoms with Gasteiger partial charge < -0.3 is 5.11 Å². The van der Waals surface area contributed by atoms with Gasteiger partial charge in [-0.25, -0.2) is 4.39 Å². The van der Waals surface area contributed by atoms with Crippen molar-refractivity contribution in [3.8, 4) is 16.9 Å². The Labute approximate surface area is 87.8 Å². The summed E-state index contributed by atoms with van der Waals surface area (Å²) in [5.74, 6) is -0.878. The average Bonchev–Trinajstić information content (AvgIpc) is 2.22. The lowest BCUT2D eigenvalue weighted by atomic mass is 10.0. The predicted molar refractivity (Wildman–Crippen MR) is 58.2 cm³/mol. The summed E-state index contributed by atoms with van der Waals surface area (Å²) >= 11 is 0. The second-order valence-corrected chi connectivity index (χ2v) is 3.51. The molecule has 76 valence electrons. The van der Waals surface area contributed by atoms with Crippen molar-refractivity contribution >= 4 is 0 Å². The molecule has 0 saturated carbocycles. The normalized spacial score (nSPS) is 10.3. The number of aryl methyl sites for hydroxylation is 1. The van der Waals surface area contributed by atoms with E-state index in [0.29, 0.717) is 5.56 Å². The maximum absolute atomic E-state index is 13.1. The molecule has 0 aliphatic rings. The Balaban J connectivity index is 2.59. The Morgan fingerprint density at radius 3 is 2.53 bits per heavy atom. The van der Waals surface area contributed by atoms with Crippen LogP contribution >= 0.6 is 0 Å². The molecule has 2 rings (SSSR count). The van der Waals surface area contributed by atoms with Gasteiger partial charge in [-0.15, -0.1) is 0 Å². The second-order valence-electron chi connectivity index (χ2n) is 3.51. The lowest BCUT2D eigenvalue weighted by Gasteiger charge is -2.05. The van der Waals surface area contributed by atoms with Crippen LogP contribution in [0, 0.1) is 12.7 Å². The standard InChI is InChI=1S/C13H11FO/c1-9-4-2-5-10(8-9)11-6-3-7-12(14)13(11)15/h2-8,15H,1H3. The zero-order chi connectivity index (χ0) is 10.8. The zero-order valence-corrected chi connectivity index (χ0v) is 8.37. The van der Waals surface area contributed by atoms with E-state index in [9.17, 15) is 9.50 Å². The molecule has 1 nitrogen and oxygen atoms in total. The van der Waals surface area contributed by atoms with E-state index in [2.05, 4.69) is 0 Å². The van der Waals surface area contributed by atoms with E-state index in [1.807, 2.05) is 31.2 Å². The fraction of sp³-hybridized carbons (Fsp3) is 0.0769. The first-order valence-electron chi connectivity index (χ1n) is 4.73. The van der Waals surface area contributed by atoms with E-state index >= 15 is 0 Å². The highest BCUT2D eigenvalue weighted by Gasteiger charge is 2.07. The SMILES string of the molecule is Cc1cccc(-c2cccc(F)c2O)c1. The number of phenolic OH excluding ortho intramolecular Hbond substituents is 1. The fourth-order valence-electron chi connectivity index (χ4n) is 1.56. The quantitative estimate of drug-likeness (QED) is 0.750. The third-order valence-corrected chi connectivity index (χ3v) is 2.32. The summed E-state index contributed by atoms with van der Waals surface area (Å²) < 4.78 is 13.1. The van der Waals surface area contributed by atoms with Crippen molar-refractivity contribution in [2.24, 2.45) is 0 Å². The summed E-state index contributed by atoms with van der Waals surface area (Å²) in [7, 11) is 0. The second kappa shape index (κ2) is 3.73. The molecule has 0 aliphatic heterocycles. The number of hydrogen-bond donors (Lipinski definition) is 1. The van der Waals surface area contributed by atoms with Crippen LogP contribution in [0.25, 0.3) is 11.1 Å². The summed E-state index contributed by atoms with van der Waals surface area (Å²) in [4.78, 5) is 0. The fourth-order valence-corrected chi connectivity index (χ4v) is 1.56. The molecule has 0 heterocycles. The molecule has 0 aromatic heterocycles. The van der Waals surface area contributed by atoms with Crippen molar-refractivity contribution in [3.05, 3.63) is 53.8 Å². The molecule has 0 unspecified atom stereocenters. The number of halogens is 1. The Morgan fingerprint density at radius 1 is 1.07 bits per heavy atom. The molecule has 0 atom stereocenters. The van der Waals surface area contributed by atoms with E-state index < -0.39 is 5.82 Å². The van der Waals surface area contributed by atoms with E-state index in [4.69, 9.17) is 0 Å². The van der Waals surface area contributed by atoms with Crippen molar-refractivity contribution in [2.75, 3.05) is 0 Å². The molecule has 0 aliphatic carbocycles. The summed E-state index contributed by atoms with van der Waals surface area (Å²) in [5, 5.41) is 9.57. The van der Waals surface area contributed by atoms with Gasteiger partial charge in [-0.2, -0.15) is 0 Å². The van der Waals surface area contributed by atoms with Crippen LogP contribution < -0.4 is 0 Å². The van der Waals surface area contributed by atoms with Crippen LogP contribution in [-0.2, 0) is 0 Å². The first kappa shape index (κ1) is 9.71. The Hall–Kier alpha value is -1.83. The maximum atomic E-state index is 13.1. The highest BCUT2D eigenvalue weighted by atomic mass is 19.1. The van der Waals surface area contributed by atoms with E-state index in [0.717, 1.165) is 11.1 Å². The third-order valence-electron chi connectivity index (χ3n) is 2.32. The summed E-state index contributed by atoms with van der Waals surface area (Å²) in [5.41, 5.74) is 2.43. The molecule has 0 bridgehead atoms. The van der Waals surface area contributed by atoms with Crippen molar-refractivity contribution in [1.82, 2.24) is 0 Å². The van der Waals surface area contributed by atoms with Gasteiger partial charge in [0.1, 0.15) is 0 Å². The molecular weight excluding hydrogens is 191 g/mol. The van der Waals surface area contributed by atoms with Gasteiger partial charge in [0.2, 0.25) is 0 Å². The van der Waals surface area contributed by atoms with Gasteiger partial charge in [0.05, 0.1) is 0 Å². The smallest absolute Gasteiger partial charge is 0.165 e. The van der Waals surface area contributed by atoms with Crippen LogP contribution in [0.15, 0.2) is 42.5 Å². The Morgan fingerprint density at radius 2 is 1.80 bits per heavy atom. The van der Waals surface area contributed by atoms with Crippen molar-refractivity contribution < 1.29 is 9.50 Å². The minimum atomic E-state index is -0.589. The van der Waals surface area contributed by atoms with Crippen molar-refractivity contribution in [1.29, 1.82) is 0 Å². The number of para-hydroxylation sites is 1. The van der Waals surface area contributed by atoms with Crippen LogP contribution in [0.3, 0.4) is 0 Å². The highest BCUT2D eigenvalue weighted by Crippen LogP contribution is 2.31. The van der Waals surface area contributed by atoms with Gasteiger partial charge >= 0.3 is 0 Å². The van der Waals surface area contributed by atoms with Gasteiger partial charge in [0, 0.05) is 5.56 Å². The van der Waals surface area contributed by atoms with Gasteiger partial charge in [0.25, 0.3) is 0 Å². The van der Waals surface area contributed by atoms with E-state index in [1.54, 1.807) is 12.1 Å². The summed E-state index contributed by atoms with van der Waals surface area (Å²) in [6.07, 6.45) is 0. The Bertz CT molecular complexity index is 492. The third kappa shape index (κ3) is 1.84. The molecule has 0 spiro atoms. The van der Waals surface area contributed by atoms with Gasteiger partial charge in [-0.3, -0.25) is 0 Å².